The van der Waals surface area contributed by atoms with Gasteiger partial charge >= 0.3 is 5.97 Å². The van der Waals surface area contributed by atoms with Gasteiger partial charge in [0.05, 0.1) is 35.6 Å². The molecule has 0 bridgehead atoms. The predicted octanol–water partition coefficient (Wildman–Crippen LogP) is 4.30. The first kappa shape index (κ1) is 24.2. The van der Waals surface area contributed by atoms with E-state index in [0.29, 0.717) is 28.7 Å². The van der Waals surface area contributed by atoms with E-state index in [4.69, 9.17) is 14.2 Å². The number of hydrogen-bond donors (Lipinski definition) is 1. The number of amides is 1. The minimum atomic E-state index is -0.461. The molecule has 2 aromatic carbocycles. The maximum atomic E-state index is 12.4. The molecule has 1 amide bonds. The Morgan fingerprint density at radius 1 is 1.21 bits per heavy atom. The van der Waals surface area contributed by atoms with Gasteiger partial charge in [0, 0.05) is 12.3 Å². The number of thioether (sulfide) groups is 1. The van der Waals surface area contributed by atoms with Crippen molar-refractivity contribution in [3.8, 4) is 17.6 Å². The van der Waals surface area contributed by atoms with Crippen LogP contribution < -0.4 is 14.8 Å². The summed E-state index contributed by atoms with van der Waals surface area (Å²) < 4.78 is 16.6. The normalized spacial score (nSPS) is 15.6. The molecule has 3 rings (SSSR count). The Balaban J connectivity index is 1.85. The molecule has 0 aromatic heterocycles. The van der Waals surface area contributed by atoms with E-state index < -0.39 is 11.9 Å². The zero-order chi connectivity index (χ0) is 23.8. The van der Waals surface area contributed by atoms with Gasteiger partial charge in [-0.1, -0.05) is 48.2 Å². The monoisotopic (exact) mass is 466 g/mol. The molecule has 1 unspecified atom stereocenters. The second-order valence-corrected chi connectivity index (χ2v) is 8.66. The summed E-state index contributed by atoms with van der Waals surface area (Å²) in [6.07, 6.45) is -0.113. The first-order chi connectivity index (χ1) is 15.9. The van der Waals surface area contributed by atoms with E-state index in [-0.39, 0.29) is 24.2 Å². The van der Waals surface area contributed by atoms with E-state index in [1.807, 2.05) is 36.4 Å². The zero-order valence-corrected chi connectivity index (χ0v) is 19.6. The largest absolute Gasteiger partial charge is 0.493 e. The lowest BCUT2D eigenvalue weighted by atomic mass is 9.87. The van der Waals surface area contributed by atoms with Crippen molar-refractivity contribution in [1.82, 2.24) is 5.32 Å². The van der Waals surface area contributed by atoms with E-state index in [2.05, 4.69) is 11.4 Å². The summed E-state index contributed by atoms with van der Waals surface area (Å²) in [6.45, 7) is 3.88. The summed E-state index contributed by atoms with van der Waals surface area (Å²) in [4.78, 5) is 24.4. The van der Waals surface area contributed by atoms with Crippen LogP contribution in [0, 0.1) is 11.3 Å². The highest BCUT2D eigenvalue weighted by atomic mass is 32.2. The minimum absolute atomic E-state index is 0.000255. The van der Waals surface area contributed by atoms with Gasteiger partial charge in [-0.25, -0.2) is 0 Å². The van der Waals surface area contributed by atoms with E-state index in [1.165, 1.54) is 0 Å². The van der Waals surface area contributed by atoms with Crippen LogP contribution in [-0.2, 0) is 20.9 Å². The fraction of sp³-hybridized carbons (Fsp3) is 0.320. The maximum Gasteiger partial charge on any atom is 0.316 e. The van der Waals surface area contributed by atoms with Gasteiger partial charge in [0.1, 0.15) is 6.61 Å². The van der Waals surface area contributed by atoms with Crippen molar-refractivity contribution in [2.75, 3.05) is 12.9 Å². The molecule has 1 aliphatic heterocycles. The van der Waals surface area contributed by atoms with Crippen molar-refractivity contribution in [2.45, 2.75) is 38.9 Å². The van der Waals surface area contributed by atoms with Crippen molar-refractivity contribution < 1.29 is 23.8 Å². The number of rotatable bonds is 9. The number of hydrogen-bond acceptors (Lipinski definition) is 7. The van der Waals surface area contributed by atoms with Crippen LogP contribution in [0.1, 0.15) is 37.3 Å². The van der Waals surface area contributed by atoms with E-state index in [1.54, 1.807) is 33.1 Å². The minimum Gasteiger partial charge on any atom is -0.493 e. The molecule has 1 heterocycles. The molecular weight excluding hydrogens is 440 g/mol. The number of ether oxygens (including phenoxy) is 3. The molecule has 33 heavy (non-hydrogen) atoms. The lowest BCUT2D eigenvalue weighted by Gasteiger charge is -2.25. The Kier molecular flexibility index (Phi) is 8.39. The lowest BCUT2D eigenvalue weighted by Crippen LogP contribution is -2.31. The number of nitrogens with one attached hydrogen (secondary N) is 1. The molecular formula is C25H26N2O5S. The summed E-state index contributed by atoms with van der Waals surface area (Å²) in [5.41, 5.74) is 2.16. The quantitative estimate of drug-likeness (QED) is 0.550. The van der Waals surface area contributed by atoms with Crippen molar-refractivity contribution in [3.63, 3.8) is 0 Å². The Morgan fingerprint density at radius 2 is 1.97 bits per heavy atom. The second-order valence-electron chi connectivity index (χ2n) is 7.67. The third-order valence-electron chi connectivity index (χ3n) is 4.88. The van der Waals surface area contributed by atoms with E-state index >= 15 is 0 Å². The molecule has 2 aromatic rings. The van der Waals surface area contributed by atoms with Crippen LogP contribution in [0.15, 0.2) is 59.1 Å². The molecule has 1 N–H and O–H groups in total. The summed E-state index contributed by atoms with van der Waals surface area (Å²) in [6, 6.07) is 17.3. The van der Waals surface area contributed by atoms with Crippen LogP contribution in [0.5, 0.6) is 11.5 Å². The molecule has 1 aliphatic rings. The van der Waals surface area contributed by atoms with Crippen LogP contribution >= 0.6 is 11.8 Å². The van der Waals surface area contributed by atoms with Crippen molar-refractivity contribution in [1.29, 1.82) is 5.26 Å². The Bertz CT molecular complexity index is 1080. The Hall–Kier alpha value is -3.44. The molecule has 0 fully saturated rings. The highest BCUT2D eigenvalue weighted by molar-refractivity contribution is 8.03. The average molecular weight is 467 g/mol. The number of nitriles is 1. The van der Waals surface area contributed by atoms with Gasteiger partial charge in [-0.2, -0.15) is 5.26 Å². The van der Waals surface area contributed by atoms with Gasteiger partial charge in [-0.3, -0.25) is 9.59 Å². The molecule has 0 saturated carbocycles. The lowest BCUT2D eigenvalue weighted by molar-refractivity contribution is -0.144. The number of benzene rings is 2. The van der Waals surface area contributed by atoms with E-state index in [9.17, 15) is 14.9 Å². The molecule has 7 nitrogen and oxygen atoms in total. The molecule has 8 heteroatoms. The average Bonchev–Trinajstić information content (AvgIpc) is 2.81. The van der Waals surface area contributed by atoms with Crippen LogP contribution in [0.3, 0.4) is 0 Å². The van der Waals surface area contributed by atoms with Crippen LogP contribution in [0.2, 0.25) is 0 Å². The summed E-state index contributed by atoms with van der Waals surface area (Å²) in [5, 5.41) is 13.0. The first-order valence-corrected chi connectivity index (χ1v) is 11.5. The smallest absolute Gasteiger partial charge is 0.316 e. The van der Waals surface area contributed by atoms with Crippen molar-refractivity contribution in [3.05, 3.63) is 70.3 Å². The van der Waals surface area contributed by atoms with Gasteiger partial charge in [-0.15, -0.1) is 0 Å². The molecule has 1 atom stereocenters. The third-order valence-corrected chi connectivity index (χ3v) is 5.88. The third kappa shape index (κ3) is 6.53. The van der Waals surface area contributed by atoms with Crippen LogP contribution in [-0.4, -0.2) is 30.8 Å². The van der Waals surface area contributed by atoms with Crippen LogP contribution in [0.4, 0.5) is 0 Å². The van der Waals surface area contributed by atoms with Crippen LogP contribution in [0.25, 0.3) is 0 Å². The van der Waals surface area contributed by atoms with Gasteiger partial charge < -0.3 is 19.5 Å². The van der Waals surface area contributed by atoms with Gasteiger partial charge in [0.25, 0.3) is 0 Å². The SMILES string of the molecule is COc1ccc(C2CC(=O)NC(SCC(=O)OC(C)C)=C2C#N)cc1OCc1ccccc1. The Morgan fingerprint density at radius 3 is 2.64 bits per heavy atom. The highest BCUT2D eigenvalue weighted by Gasteiger charge is 2.30. The summed E-state index contributed by atoms with van der Waals surface area (Å²) in [7, 11) is 1.56. The number of carbonyl (C=O) groups excluding carboxylic acids is 2. The van der Waals surface area contributed by atoms with Gasteiger partial charge in [-0.05, 0) is 37.1 Å². The molecule has 0 aliphatic carbocycles. The molecule has 0 radical (unpaired) electrons. The second kappa shape index (κ2) is 11.4. The highest BCUT2D eigenvalue weighted by Crippen LogP contribution is 2.39. The number of methoxy groups -OCH3 is 1. The Labute approximate surface area is 197 Å². The summed E-state index contributed by atoms with van der Waals surface area (Å²) in [5.74, 6) is -0.00382. The van der Waals surface area contributed by atoms with Crippen molar-refractivity contribution >= 4 is 23.6 Å². The number of esters is 1. The number of carbonyl (C=O) groups is 2. The molecule has 0 saturated heterocycles. The standard InChI is InChI=1S/C25H26N2O5S/c1-16(2)32-24(29)15-33-25-20(13-26)19(12-23(28)27-25)18-9-10-21(30-3)22(11-18)31-14-17-7-5-4-6-8-17/h4-11,16,19H,12,14-15H2,1-3H3,(H,27,28). The number of allylic oxidation sites excluding steroid dienone is 1. The van der Waals surface area contributed by atoms with E-state index in [0.717, 1.165) is 22.9 Å². The fourth-order valence-electron chi connectivity index (χ4n) is 3.40. The summed E-state index contributed by atoms with van der Waals surface area (Å²) >= 11 is 1.10. The first-order valence-electron chi connectivity index (χ1n) is 10.5. The zero-order valence-electron chi connectivity index (χ0n) is 18.8. The molecule has 172 valence electrons. The van der Waals surface area contributed by atoms with Gasteiger partial charge in [0.2, 0.25) is 5.91 Å². The predicted molar refractivity (Wildman–Crippen MR) is 126 cm³/mol. The van der Waals surface area contributed by atoms with Gasteiger partial charge in [0.15, 0.2) is 11.5 Å². The maximum absolute atomic E-state index is 12.4. The number of nitrogens with zero attached hydrogens (tertiary/aromatic N) is 1. The topological polar surface area (TPSA) is 97.6 Å². The fourth-order valence-corrected chi connectivity index (χ4v) is 4.26. The van der Waals surface area contributed by atoms with Crippen molar-refractivity contribution in [2.24, 2.45) is 0 Å². The molecule has 0 spiro atoms.